The minimum Gasteiger partial charge on any atom is -0.496 e. The Morgan fingerprint density at radius 2 is 1.96 bits per heavy atom. The lowest BCUT2D eigenvalue weighted by Gasteiger charge is -2.44. The molecule has 25 heavy (non-hydrogen) atoms. The molecule has 1 aromatic carbocycles. The van der Waals surface area contributed by atoms with Crippen LogP contribution >= 0.6 is 0 Å². The van der Waals surface area contributed by atoms with Gasteiger partial charge in [0.25, 0.3) is 0 Å². The maximum atomic E-state index is 6.55. The van der Waals surface area contributed by atoms with Gasteiger partial charge in [-0.1, -0.05) is 6.07 Å². The largest absolute Gasteiger partial charge is 0.496 e. The van der Waals surface area contributed by atoms with E-state index in [2.05, 4.69) is 24.9 Å². The lowest BCUT2D eigenvalue weighted by molar-refractivity contribution is 0.0816. The topological polar surface area (TPSA) is 56.2 Å². The van der Waals surface area contributed by atoms with Crippen molar-refractivity contribution in [3.63, 3.8) is 0 Å². The van der Waals surface area contributed by atoms with E-state index in [4.69, 9.17) is 19.2 Å². The number of pyridine rings is 1. The Labute approximate surface area is 147 Å². The second-order valence-electron chi connectivity index (χ2n) is 6.79. The summed E-state index contributed by atoms with van der Waals surface area (Å²) in [5.74, 6) is 2.81. The molecular formula is C19H21N3O3. The number of rotatable bonds is 2. The fourth-order valence-corrected chi connectivity index (χ4v) is 3.75. The van der Waals surface area contributed by atoms with Crippen molar-refractivity contribution < 1.29 is 14.2 Å². The van der Waals surface area contributed by atoms with E-state index >= 15 is 0 Å². The first-order valence-electron chi connectivity index (χ1n) is 8.14. The average molecular weight is 339 g/mol. The average Bonchev–Trinajstić information content (AvgIpc) is 2.79. The molecule has 1 atom stereocenters. The Hall–Kier alpha value is -2.76. The number of methoxy groups -OCH3 is 2. The van der Waals surface area contributed by atoms with E-state index in [1.165, 1.54) is 0 Å². The molecule has 0 bridgehead atoms. The normalized spacial score (nSPS) is 22.4. The predicted octanol–water partition coefficient (Wildman–Crippen LogP) is 3.32. The summed E-state index contributed by atoms with van der Waals surface area (Å²) < 4.78 is 17.4. The zero-order valence-electron chi connectivity index (χ0n) is 15.0. The summed E-state index contributed by atoms with van der Waals surface area (Å²) in [5, 5.41) is 0. The fraction of sp³-hybridized carbons (Fsp3) is 0.368. The van der Waals surface area contributed by atoms with Crippen molar-refractivity contribution in [2.24, 2.45) is 4.99 Å². The first kappa shape index (κ1) is 15.7. The number of aromatic nitrogens is 1. The van der Waals surface area contributed by atoms with Crippen molar-refractivity contribution in [2.75, 3.05) is 26.2 Å². The molecule has 1 unspecified atom stereocenters. The van der Waals surface area contributed by atoms with Crippen molar-refractivity contribution in [1.82, 2.24) is 4.98 Å². The van der Waals surface area contributed by atoms with Gasteiger partial charge in [0, 0.05) is 30.9 Å². The van der Waals surface area contributed by atoms with E-state index in [0.29, 0.717) is 22.9 Å². The molecule has 6 heteroatoms. The van der Waals surface area contributed by atoms with Crippen LogP contribution in [0.2, 0.25) is 0 Å². The van der Waals surface area contributed by atoms with Gasteiger partial charge in [-0.05, 0) is 19.9 Å². The molecule has 0 aliphatic carbocycles. The Bertz CT molecular complexity index is 878. The van der Waals surface area contributed by atoms with Crippen LogP contribution < -0.4 is 19.1 Å². The van der Waals surface area contributed by atoms with Gasteiger partial charge in [-0.2, -0.15) is 0 Å². The first-order chi connectivity index (χ1) is 11.9. The molecule has 0 saturated heterocycles. The van der Waals surface area contributed by atoms with E-state index in [1.807, 2.05) is 30.3 Å². The number of nitrogens with zero attached hydrogens (tertiary/aromatic N) is 3. The minimum absolute atomic E-state index is 0.344. The number of likely N-dealkylation sites (N-methyl/N-ethyl adjacent to an activating group) is 1. The molecule has 3 heterocycles. The quantitative estimate of drug-likeness (QED) is 0.840. The molecule has 0 radical (unpaired) electrons. The molecule has 0 fully saturated rings. The summed E-state index contributed by atoms with van der Waals surface area (Å²) in [5.41, 5.74) is 0.681. The standard InChI is InChI=1S/C19H21N3O3/c1-18(2)13-7-6-8-20-17(13)22(3)19(18)11-21-16-14(24-5)9-12(23-4)10-15(16)25-19/h6-11H,1-5H3. The van der Waals surface area contributed by atoms with Gasteiger partial charge in [0.15, 0.2) is 11.5 Å². The van der Waals surface area contributed by atoms with E-state index < -0.39 is 5.72 Å². The highest BCUT2D eigenvalue weighted by Gasteiger charge is 2.59. The van der Waals surface area contributed by atoms with Crippen molar-refractivity contribution >= 4 is 17.7 Å². The van der Waals surface area contributed by atoms with Crippen LogP contribution in [0, 0.1) is 0 Å². The third-order valence-electron chi connectivity index (χ3n) is 5.27. The van der Waals surface area contributed by atoms with Crippen LogP contribution in [-0.4, -0.2) is 38.2 Å². The summed E-state index contributed by atoms with van der Waals surface area (Å²) in [7, 11) is 5.21. The lowest BCUT2D eigenvalue weighted by atomic mass is 9.78. The number of ether oxygens (including phenoxy) is 3. The number of hydrogen-bond acceptors (Lipinski definition) is 6. The monoisotopic (exact) mass is 339 g/mol. The molecule has 6 nitrogen and oxygen atoms in total. The van der Waals surface area contributed by atoms with Gasteiger partial charge in [0.05, 0.1) is 25.8 Å². The van der Waals surface area contributed by atoms with E-state index in [0.717, 1.165) is 11.4 Å². The number of hydrogen-bond donors (Lipinski definition) is 0. The second-order valence-corrected chi connectivity index (χ2v) is 6.79. The second kappa shape index (κ2) is 5.12. The Morgan fingerprint density at radius 1 is 1.16 bits per heavy atom. The summed E-state index contributed by atoms with van der Waals surface area (Å²) >= 11 is 0. The summed E-state index contributed by atoms with van der Waals surface area (Å²) in [6.45, 7) is 4.29. The number of benzene rings is 1. The van der Waals surface area contributed by atoms with Gasteiger partial charge in [0.1, 0.15) is 17.3 Å². The van der Waals surface area contributed by atoms with E-state index in [-0.39, 0.29) is 5.41 Å². The molecule has 1 spiro atoms. The molecule has 0 saturated carbocycles. The Kier molecular flexibility index (Phi) is 3.22. The Morgan fingerprint density at radius 3 is 2.64 bits per heavy atom. The summed E-state index contributed by atoms with van der Waals surface area (Å²) in [6, 6.07) is 7.69. The van der Waals surface area contributed by atoms with Crippen LogP contribution in [0.1, 0.15) is 19.4 Å². The molecule has 2 aliphatic heterocycles. The van der Waals surface area contributed by atoms with Gasteiger partial charge in [0.2, 0.25) is 5.72 Å². The van der Waals surface area contributed by atoms with Crippen molar-refractivity contribution in [3.05, 3.63) is 36.0 Å². The highest BCUT2D eigenvalue weighted by Crippen LogP contribution is 2.54. The van der Waals surface area contributed by atoms with Crippen LogP contribution in [0.4, 0.5) is 11.5 Å². The van der Waals surface area contributed by atoms with E-state index in [9.17, 15) is 0 Å². The molecule has 130 valence electrons. The van der Waals surface area contributed by atoms with Crippen molar-refractivity contribution in [1.29, 1.82) is 0 Å². The molecular weight excluding hydrogens is 318 g/mol. The lowest BCUT2D eigenvalue weighted by Crippen LogP contribution is -2.61. The van der Waals surface area contributed by atoms with Gasteiger partial charge >= 0.3 is 0 Å². The third-order valence-corrected chi connectivity index (χ3v) is 5.27. The van der Waals surface area contributed by atoms with Gasteiger partial charge < -0.3 is 19.1 Å². The van der Waals surface area contributed by atoms with Crippen molar-refractivity contribution in [2.45, 2.75) is 25.0 Å². The highest BCUT2D eigenvalue weighted by molar-refractivity contribution is 5.88. The number of anilines is 1. The Balaban J connectivity index is 1.89. The summed E-state index contributed by atoms with van der Waals surface area (Å²) in [6.07, 6.45) is 3.65. The van der Waals surface area contributed by atoms with Crippen molar-refractivity contribution in [3.8, 4) is 17.2 Å². The van der Waals surface area contributed by atoms with E-state index in [1.54, 1.807) is 26.5 Å². The third kappa shape index (κ3) is 1.91. The maximum Gasteiger partial charge on any atom is 0.229 e. The predicted molar refractivity (Wildman–Crippen MR) is 96.7 cm³/mol. The maximum absolute atomic E-state index is 6.55. The van der Waals surface area contributed by atoms with Crippen LogP contribution in [0.15, 0.2) is 35.5 Å². The fourth-order valence-electron chi connectivity index (χ4n) is 3.75. The summed E-state index contributed by atoms with van der Waals surface area (Å²) in [4.78, 5) is 11.3. The molecule has 1 aromatic heterocycles. The molecule has 4 rings (SSSR count). The van der Waals surface area contributed by atoms with Crippen LogP contribution in [0.3, 0.4) is 0 Å². The molecule has 2 aromatic rings. The van der Waals surface area contributed by atoms with Gasteiger partial charge in [-0.25, -0.2) is 9.98 Å². The zero-order valence-corrected chi connectivity index (χ0v) is 15.0. The number of fused-ring (bicyclic) bond motifs is 2. The molecule has 0 N–H and O–H groups in total. The molecule has 2 aliphatic rings. The van der Waals surface area contributed by atoms with Crippen LogP contribution in [0.5, 0.6) is 17.2 Å². The first-order valence-corrected chi connectivity index (χ1v) is 8.14. The van der Waals surface area contributed by atoms with Crippen LogP contribution in [0.25, 0.3) is 0 Å². The molecule has 0 amide bonds. The minimum atomic E-state index is -0.770. The highest BCUT2D eigenvalue weighted by atomic mass is 16.5. The number of aliphatic imine (C=N–C) groups is 1. The SMILES string of the molecule is COc1cc(OC)c2c(c1)OC1(C=N2)N(C)c2ncccc2C1(C)C. The van der Waals surface area contributed by atoms with Crippen LogP contribution in [-0.2, 0) is 5.41 Å². The van der Waals surface area contributed by atoms with Gasteiger partial charge in [-0.15, -0.1) is 0 Å². The van der Waals surface area contributed by atoms with Gasteiger partial charge in [-0.3, -0.25) is 0 Å². The zero-order chi connectivity index (χ0) is 17.8. The smallest absolute Gasteiger partial charge is 0.229 e.